The largest absolute Gasteiger partial charge is 0.382 e. The number of rotatable bonds is 4. The number of aryl methyl sites for hydroxylation is 2. The molecule has 0 spiro atoms. The molecule has 0 radical (unpaired) electrons. The Morgan fingerprint density at radius 3 is 2.48 bits per heavy atom. The number of hydrogen-bond acceptors (Lipinski definition) is 7. The normalized spacial score (nSPS) is 11.5. The van der Waals surface area contributed by atoms with Crippen LogP contribution in [-0.2, 0) is 6.42 Å². The first-order chi connectivity index (χ1) is 13.9. The second-order valence-corrected chi connectivity index (χ2v) is 6.83. The maximum atomic E-state index is 12.4. The van der Waals surface area contributed by atoms with E-state index < -0.39 is 0 Å². The number of nitrogens with two attached hydrogens (primary N) is 2. The number of hydrogen-bond donors (Lipinski definition) is 4. The molecule has 0 aliphatic heterocycles. The van der Waals surface area contributed by atoms with Crippen LogP contribution in [0.3, 0.4) is 0 Å². The first kappa shape index (κ1) is 18.4. The Morgan fingerprint density at radius 2 is 1.79 bits per heavy atom. The van der Waals surface area contributed by atoms with Gasteiger partial charge in [0.1, 0.15) is 11.5 Å². The standard InChI is InChI=1S/C20H20N8O/c1-10-3-8-14-16(11(10)2)23-15(20(29)24-14)9-12-4-6-13(7-5-12)25-26-17-18(21)27-28-19(17)22/h3-8H,9H2,1-2H3,(H,24,29)(H5,21,22,27,28)/b26-25+. The van der Waals surface area contributed by atoms with Gasteiger partial charge in [0.15, 0.2) is 11.5 Å². The van der Waals surface area contributed by atoms with Crippen LogP contribution < -0.4 is 17.0 Å². The minimum absolute atomic E-state index is 0.185. The van der Waals surface area contributed by atoms with E-state index in [1.165, 1.54) is 0 Å². The minimum atomic E-state index is -0.185. The molecule has 0 fully saturated rings. The van der Waals surface area contributed by atoms with E-state index in [1.54, 1.807) is 12.1 Å². The zero-order valence-electron chi connectivity index (χ0n) is 16.0. The van der Waals surface area contributed by atoms with Crippen LogP contribution in [0.15, 0.2) is 51.4 Å². The number of nitrogen functional groups attached to an aromatic ring is 2. The summed E-state index contributed by atoms with van der Waals surface area (Å²) in [7, 11) is 0. The van der Waals surface area contributed by atoms with Crippen LogP contribution in [0.2, 0.25) is 0 Å². The molecule has 2 aromatic heterocycles. The number of fused-ring (bicyclic) bond motifs is 1. The molecule has 0 atom stereocenters. The molecule has 0 saturated heterocycles. The SMILES string of the molecule is Cc1ccc2[nH]c(=O)c(Cc3ccc(/N=N/c4c(N)n[nH]c4N)cc3)nc2c1C. The molecule has 0 unspecified atom stereocenters. The van der Waals surface area contributed by atoms with Gasteiger partial charge in [-0.3, -0.25) is 9.89 Å². The summed E-state index contributed by atoms with van der Waals surface area (Å²) < 4.78 is 0. The number of aromatic amines is 2. The molecule has 4 aromatic rings. The van der Waals surface area contributed by atoms with Crippen LogP contribution in [0, 0.1) is 13.8 Å². The Balaban J connectivity index is 1.58. The lowest BCUT2D eigenvalue weighted by Crippen LogP contribution is -2.16. The lowest BCUT2D eigenvalue weighted by atomic mass is 10.1. The Labute approximate surface area is 165 Å². The minimum Gasteiger partial charge on any atom is -0.382 e. The lowest BCUT2D eigenvalue weighted by Gasteiger charge is -2.07. The summed E-state index contributed by atoms with van der Waals surface area (Å²) in [6.07, 6.45) is 0.414. The monoisotopic (exact) mass is 388 g/mol. The molecule has 0 aliphatic carbocycles. The van der Waals surface area contributed by atoms with Crippen LogP contribution in [-0.4, -0.2) is 20.2 Å². The van der Waals surface area contributed by atoms with Crippen molar-refractivity contribution in [2.24, 2.45) is 10.2 Å². The molecule has 4 rings (SSSR count). The maximum absolute atomic E-state index is 12.4. The number of H-pyrrole nitrogens is 2. The van der Waals surface area contributed by atoms with Crippen molar-refractivity contribution >= 4 is 34.0 Å². The summed E-state index contributed by atoms with van der Waals surface area (Å²) in [6, 6.07) is 11.2. The van der Waals surface area contributed by atoms with E-state index in [2.05, 4.69) is 30.4 Å². The molecule has 0 aliphatic rings. The molecule has 6 N–H and O–H groups in total. The summed E-state index contributed by atoms with van der Waals surface area (Å²) in [5, 5.41) is 14.5. The summed E-state index contributed by atoms with van der Waals surface area (Å²) in [5.41, 5.74) is 17.3. The highest BCUT2D eigenvalue weighted by Gasteiger charge is 2.10. The quantitative estimate of drug-likeness (QED) is 0.395. The molecule has 9 nitrogen and oxygen atoms in total. The molecule has 0 bridgehead atoms. The highest BCUT2D eigenvalue weighted by Crippen LogP contribution is 2.28. The van der Waals surface area contributed by atoms with E-state index in [0.717, 1.165) is 27.7 Å². The van der Waals surface area contributed by atoms with Crippen molar-refractivity contribution in [2.75, 3.05) is 11.5 Å². The van der Waals surface area contributed by atoms with Crippen molar-refractivity contribution in [2.45, 2.75) is 20.3 Å². The summed E-state index contributed by atoms with van der Waals surface area (Å²) in [6.45, 7) is 4.03. The van der Waals surface area contributed by atoms with Gasteiger partial charge >= 0.3 is 0 Å². The zero-order valence-corrected chi connectivity index (χ0v) is 16.0. The van der Waals surface area contributed by atoms with Gasteiger partial charge in [0.25, 0.3) is 5.56 Å². The number of aromatic nitrogens is 4. The van der Waals surface area contributed by atoms with Gasteiger partial charge in [-0.1, -0.05) is 18.2 Å². The Hall–Kier alpha value is -4.01. The van der Waals surface area contributed by atoms with E-state index in [-0.39, 0.29) is 17.2 Å². The summed E-state index contributed by atoms with van der Waals surface area (Å²) in [5.74, 6) is 0.449. The molecule has 9 heteroatoms. The smallest absolute Gasteiger partial charge is 0.270 e. The van der Waals surface area contributed by atoms with Crippen LogP contribution >= 0.6 is 0 Å². The third-order valence-corrected chi connectivity index (χ3v) is 4.83. The molecule has 29 heavy (non-hydrogen) atoms. The van der Waals surface area contributed by atoms with Gasteiger partial charge in [-0.2, -0.15) is 10.2 Å². The van der Waals surface area contributed by atoms with Gasteiger partial charge in [-0.05, 0) is 48.7 Å². The fraction of sp³-hybridized carbons (Fsp3) is 0.150. The highest BCUT2D eigenvalue weighted by atomic mass is 16.1. The van der Waals surface area contributed by atoms with Crippen molar-refractivity contribution in [1.29, 1.82) is 0 Å². The van der Waals surface area contributed by atoms with Crippen LogP contribution in [0.1, 0.15) is 22.4 Å². The lowest BCUT2D eigenvalue weighted by molar-refractivity contribution is 1.02. The first-order valence-corrected chi connectivity index (χ1v) is 9.01. The summed E-state index contributed by atoms with van der Waals surface area (Å²) in [4.78, 5) is 20.0. The van der Waals surface area contributed by atoms with E-state index >= 15 is 0 Å². The van der Waals surface area contributed by atoms with E-state index in [9.17, 15) is 4.79 Å². The van der Waals surface area contributed by atoms with Crippen LogP contribution in [0.4, 0.5) is 23.0 Å². The average Bonchev–Trinajstić information content (AvgIpc) is 3.03. The van der Waals surface area contributed by atoms with Gasteiger partial charge in [0, 0.05) is 6.42 Å². The number of anilines is 2. The maximum Gasteiger partial charge on any atom is 0.270 e. The highest BCUT2D eigenvalue weighted by molar-refractivity contribution is 5.79. The Bertz CT molecular complexity index is 1270. The Kier molecular flexibility index (Phi) is 4.55. The van der Waals surface area contributed by atoms with Crippen LogP contribution in [0.5, 0.6) is 0 Å². The topological polar surface area (TPSA) is 151 Å². The second-order valence-electron chi connectivity index (χ2n) is 6.83. The van der Waals surface area contributed by atoms with E-state index in [0.29, 0.717) is 23.5 Å². The number of azo groups is 1. The number of nitrogens with one attached hydrogen (secondary N) is 2. The third kappa shape index (κ3) is 3.57. The van der Waals surface area contributed by atoms with Gasteiger partial charge in [0.2, 0.25) is 0 Å². The van der Waals surface area contributed by atoms with Crippen molar-refractivity contribution in [3.8, 4) is 0 Å². The van der Waals surface area contributed by atoms with Crippen LogP contribution in [0.25, 0.3) is 11.0 Å². The number of nitrogens with zero attached hydrogens (tertiary/aromatic N) is 4. The van der Waals surface area contributed by atoms with Gasteiger partial charge < -0.3 is 16.5 Å². The van der Waals surface area contributed by atoms with Crippen molar-refractivity contribution in [3.05, 3.63) is 69.1 Å². The van der Waals surface area contributed by atoms with E-state index in [4.69, 9.17) is 11.5 Å². The van der Waals surface area contributed by atoms with Gasteiger partial charge in [-0.25, -0.2) is 4.98 Å². The molecular formula is C20H20N8O. The average molecular weight is 388 g/mol. The predicted octanol–water partition coefficient (Wildman–Crippen LogP) is 3.43. The number of benzene rings is 2. The van der Waals surface area contributed by atoms with Gasteiger partial charge in [-0.15, -0.1) is 5.11 Å². The van der Waals surface area contributed by atoms with Gasteiger partial charge in [0.05, 0.1) is 16.7 Å². The molecule has 2 heterocycles. The zero-order chi connectivity index (χ0) is 20.5. The van der Waals surface area contributed by atoms with E-state index in [1.807, 2.05) is 38.1 Å². The first-order valence-electron chi connectivity index (χ1n) is 9.01. The predicted molar refractivity (Wildman–Crippen MR) is 113 cm³/mol. The van der Waals surface area contributed by atoms with Crippen molar-refractivity contribution in [1.82, 2.24) is 20.2 Å². The fourth-order valence-electron chi connectivity index (χ4n) is 3.00. The molecule has 2 aromatic carbocycles. The molecule has 0 amide bonds. The molecule has 146 valence electrons. The van der Waals surface area contributed by atoms with Crippen molar-refractivity contribution in [3.63, 3.8) is 0 Å². The van der Waals surface area contributed by atoms with Crippen molar-refractivity contribution < 1.29 is 0 Å². The molecular weight excluding hydrogens is 368 g/mol. The molecule has 0 saturated carbocycles. The summed E-state index contributed by atoms with van der Waals surface area (Å²) >= 11 is 0. The third-order valence-electron chi connectivity index (χ3n) is 4.83. The fourth-order valence-corrected chi connectivity index (χ4v) is 3.00. The Morgan fingerprint density at radius 1 is 1.03 bits per heavy atom. The second kappa shape index (κ2) is 7.19.